The fourth-order valence-electron chi connectivity index (χ4n) is 3.25. The summed E-state index contributed by atoms with van der Waals surface area (Å²) in [6.07, 6.45) is 1.84. The van der Waals surface area contributed by atoms with Gasteiger partial charge in [-0.15, -0.1) is 0 Å². The standard InChI is InChI=1S/C20H22Cl2N2O4S/c1-2-28-16-7-4-10-24(13-16)20(25)14-5-3-6-15(11-14)23-29(26,27)17-8-9-18(21)19(22)12-17/h3,5-6,8-9,11-12,16,23H,2,4,7,10,13H2,1H3. The van der Waals surface area contributed by atoms with Crippen LogP contribution in [0.3, 0.4) is 0 Å². The third-order valence-electron chi connectivity index (χ3n) is 4.63. The number of benzene rings is 2. The molecule has 6 nitrogen and oxygen atoms in total. The Bertz CT molecular complexity index is 996. The molecule has 1 amide bonds. The van der Waals surface area contributed by atoms with Gasteiger partial charge in [0.1, 0.15) is 0 Å². The van der Waals surface area contributed by atoms with Crippen LogP contribution >= 0.6 is 23.2 Å². The smallest absolute Gasteiger partial charge is 0.261 e. The van der Waals surface area contributed by atoms with Gasteiger partial charge in [-0.1, -0.05) is 29.3 Å². The Hall–Kier alpha value is -1.80. The molecule has 0 aliphatic carbocycles. The largest absolute Gasteiger partial charge is 0.377 e. The van der Waals surface area contributed by atoms with Gasteiger partial charge in [0.25, 0.3) is 15.9 Å². The van der Waals surface area contributed by atoms with Crippen molar-refractivity contribution in [3.8, 4) is 0 Å². The van der Waals surface area contributed by atoms with E-state index < -0.39 is 10.0 Å². The van der Waals surface area contributed by atoms with Crippen LogP contribution in [0.2, 0.25) is 10.0 Å². The van der Waals surface area contributed by atoms with Crippen LogP contribution in [0, 0.1) is 0 Å². The van der Waals surface area contributed by atoms with E-state index in [9.17, 15) is 13.2 Å². The molecule has 2 aromatic rings. The number of nitrogens with zero attached hydrogens (tertiary/aromatic N) is 1. The van der Waals surface area contributed by atoms with Crippen LogP contribution in [-0.2, 0) is 14.8 Å². The van der Waals surface area contributed by atoms with Crippen molar-refractivity contribution in [1.29, 1.82) is 0 Å². The molecule has 1 unspecified atom stereocenters. The summed E-state index contributed by atoms with van der Waals surface area (Å²) in [6, 6.07) is 10.5. The maximum Gasteiger partial charge on any atom is 0.261 e. The Morgan fingerprint density at radius 3 is 2.72 bits per heavy atom. The SMILES string of the molecule is CCOC1CCCN(C(=O)c2cccc(NS(=O)(=O)c3ccc(Cl)c(Cl)c3)c2)C1. The predicted molar refractivity (Wildman–Crippen MR) is 114 cm³/mol. The van der Waals surface area contributed by atoms with E-state index in [1.165, 1.54) is 24.3 Å². The zero-order valence-corrected chi connectivity index (χ0v) is 18.2. The molecule has 1 atom stereocenters. The molecule has 1 saturated heterocycles. The zero-order chi connectivity index (χ0) is 21.0. The average Bonchev–Trinajstić information content (AvgIpc) is 2.70. The van der Waals surface area contributed by atoms with Crippen molar-refractivity contribution in [3.63, 3.8) is 0 Å². The van der Waals surface area contributed by atoms with Gasteiger partial charge in [0.05, 0.1) is 21.0 Å². The summed E-state index contributed by atoms with van der Waals surface area (Å²) >= 11 is 11.8. The number of ether oxygens (including phenoxy) is 1. The lowest BCUT2D eigenvalue weighted by atomic mass is 10.1. The van der Waals surface area contributed by atoms with Gasteiger partial charge in [-0.05, 0) is 56.2 Å². The Morgan fingerprint density at radius 1 is 1.21 bits per heavy atom. The second-order valence-corrected chi connectivity index (χ2v) is 9.23. The topological polar surface area (TPSA) is 75.7 Å². The molecule has 156 valence electrons. The summed E-state index contributed by atoms with van der Waals surface area (Å²) < 4.78 is 33.4. The molecule has 0 saturated carbocycles. The lowest BCUT2D eigenvalue weighted by Crippen LogP contribution is -2.43. The fourth-order valence-corrected chi connectivity index (χ4v) is 4.69. The number of hydrogen-bond acceptors (Lipinski definition) is 4. The zero-order valence-electron chi connectivity index (χ0n) is 15.9. The van der Waals surface area contributed by atoms with Gasteiger partial charge < -0.3 is 9.64 Å². The van der Waals surface area contributed by atoms with Gasteiger partial charge in [-0.3, -0.25) is 9.52 Å². The Kier molecular flexibility index (Phi) is 7.05. The number of hydrogen-bond donors (Lipinski definition) is 1. The second kappa shape index (κ2) is 9.34. The molecule has 0 bridgehead atoms. The second-order valence-electron chi connectivity index (χ2n) is 6.73. The van der Waals surface area contributed by atoms with Gasteiger partial charge in [0.15, 0.2) is 0 Å². The number of nitrogens with one attached hydrogen (secondary N) is 1. The normalized spacial score (nSPS) is 17.2. The van der Waals surface area contributed by atoms with Crippen LogP contribution in [0.25, 0.3) is 0 Å². The molecule has 1 N–H and O–H groups in total. The van der Waals surface area contributed by atoms with E-state index in [0.717, 1.165) is 12.8 Å². The number of anilines is 1. The molecule has 1 fully saturated rings. The molecule has 0 spiro atoms. The lowest BCUT2D eigenvalue weighted by Gasteiger charge is -2.32. The van der Waals surface area contributed by atoms with E-state index in [0.29, 0.717) is 30.9 Å². The fraction of sp³-hybridized carbons (Fsp3) is 0.350. The van der Waals surface area contributed by atoms with E-state index in [-0.39, 0.29) is 27.0 Å². The number of likely N-dealkylation sites (tertiary alicyclic amines) is 1. The Balaban J connectivity index is 1.76. The highest BCUT2D eigenvalue weighted by atomic mass is 35.5. The quantitative estimate of drug-likeness (QED) is 0.696. The first-order valence-corrected chi connectivity index (χ1v) is 11.5. The summed E-state index contributed by atoms with van der Waals surface area (Å²) in [6.45, 7) is 3.73. The number of sulfonamides is 1. The summed E-state index contributed by atoms with van der Waals surface area (Å²) in [7, 11) is -3.87. The van der Waals surface area contributed by atoms with Crippen molar-refractivity contribution < 1.29 is 17.9 Å². The Morgan fingerprint density at radius 2 is 2.00 bits per heavy atom. The van der Waals surface area contributed by atoms with Crippen LogP contribution in [0.1, 0.15) is 30.1 Å². The van der Waals surface area contributed by atoms with Crippen LogP contribution in [0.15, 0.2) is 47.4 Å². The average molecular weight is 457 g/mol. The first-order chi connectivity index (χ1) is 13.8. The van der Waals surface area contributed by atoms with Gasteiger partial charge in [-0.25, -0.2) is 8.42 Å². The van der Waals surface area contributed by atoms with Crippen molar-refractivity contribution in [2.24, 2.45) is 0 Å². The number of piperidine rings is 1. The minimum atomic E-state index is -3.87. The maximum atomic E-state index is 12.9. The van der Waals surface area contributed by atoms with E-state index in [4.69, 9.17) is 27.9 Å². The van der Waals surface area contributed by atoms with Crippen molar-refractivity contribution in [1.82, 2.24) is 4.90 Å². The molecular weight excluding hydrogens is 435 g/mol. The highest BCUT2D eigenvalue weighted by molar-refractivity contribution is 7.92. The maximum absolute atomic E-state index is 12.9. The summed E-state index contributed by atoms with van der Waals surface area (Å²) in [4.78, 5) is 14.6. The monoisotopic (exact) mass is 456 g/mol. The number of carbonyl (C=O) groups excluding carboxylic acids is 1. The third-order valence-corrected chi connectivity index (χ3v) is 6.75. The molecule has 0 radical (unpaired) electrons. The van der Waals surface area contributed by atoms with E-state index in [1.54, 1.807) is 23.1 Å². The highest BCUT2D eigenvalue weighted by Crippen LogP contribution is 2.26. The molecule has 1 aliphatic heterocycles. The van der Waals surface area contributed by atoms with Crippen LogP contribution in [-0.4, -0.2) is 45.0 Å². The third kappa shape index (κ3) is 5.42. The number of amides is 1. The van der Waals surface area contributed by atoms with Crippen molar-refractivity contribution in [3.05, 3.63) is 58.1 Å². The predicted octanol–water partition coefficient (Wildman–Crippen LogP) is 4.44. The molecular formula is C20H22Cl2N2O4S. The number of halogens is 2. The first kappa shape index (κ1) is 21.9. The van der Waals surface area contributed by atoms with Crippen molar-refractivity contribution in [2.75, 3.05) is 24.4 Å². The lowest BCUT2D eigenvalue weighted by molar-refractivity contribution is 0.00724. The van der Waals surface area contributed by atoms with Crippen molar-refractivity contribution in [2.45, 2.75) is 30.8 Å². The minimum Gasteiger partial charge on any atom is -0.377 e. The molecule has 0 aromatic heterocycles. The van der Waals surface area contributed by atoms with E-state index in [1.807, 2.05) is 6.92 Å². The van der Waals surface area contributed by atoms with Gasteiger partial charge >= 0.3 is 0 Å². The minimum absolute atomic E-state index is 0.0146. The summed E-state index contributed by atoms with van der Waals surface area (Å²) in [5.74, 6) is -0.148. The molecule has 1 heterocycles. The highest BCUT2D eigenvalue weighted by Gasteiger charge is 2.25. The molecule has 1 aliphatic rings. The van der Waals surface area contributed by atoms with Crippen LogP contribution < -0.4 is 4.72 Å². The van der Waals surface area contributed by atoms with Gasteiger partial charge in [0, 0.05) is 30.9 Å². The van der Waals surface area contributed by atoms with Gasteiger partial charge in [-0.2, -0.15) is 0 Å². The van der Waals surface area contributed by atoms with Crippen LogP contribution in [0.5, 0.6) is 0 Å². The molecule has 2 aromatic carbocycles. The number of carbonyl (C=O) groups is 1. The van der Waals surface area contributed by atoms with E-state index in [2.05, 4.69) is 4.72 Å². The number of rotatable bonds is 6. The Labute approximate surface area is 180 Å². The van der Waals surface area contributed by atoms with Crippen LogP contribution in [0.4, 0.5) is 5.69 Å². The van der Waals surface area contributed by atoms with E-state index >= 15 is 0 Å². The first-order valence-electron chi connectivity index (χ1n) is 9.29. The molecule has 3 rings (SSSR count). The summed E-state index contributed by atoms with van der Waals surface area (Å²) in [5.41, 5.74) is 0.705. The van der Waals surface area contributed by atoms with Gasteiger partial charge in [0.2, 0.25) is 0 Å². The molecule has 9 heteroatoms. The van der Waals surface area contributed by atoms with Crippen molar-refractivity contribution >= 4 is 44.8 Å². The molecule has 29 heavy (non-hydrogen) atoms. The summed E-state index contributed by atoms with van der Waals surface area (Å²) in [5, 5.41) is 0.414.